The van der Waals surface area contributed by atoms with E-state index in [2.05, 4.69) is 42.3 Å². The molecule has 0 amide bonds. The molecular formula is C38H34N7O7P. The summed E-state index contributed by atoms with van der Waals surface area (Å²) >= 11 is 0. The minimum absolute atomic E-state index is 0.186. The first-order chi connectivity index (χ1) is 25.8. The van der Waals surface area contributed by atoms with Gasteiger partial charge in [-0.15, -0.1) is 0 Å². The fraction of sp³-hybridized carbons (Fsp3) is 0.132. The maximum absolute atomic E-state index is 11.0. The number of hydrogen-bond donors (Lipinski definition) is 3. The van der Waals surface area contributed by atoms with Gasteiger partial charge in [0.15, 0.2) is 18.3 Å². The van der Waals surface area contributed by atoms with Crippen molar-refractivity contribution in [1.29, 1.82) is 0 Å². The molecule has 0 aliphatic heterocycles. The molecule has 0 saturated carbocycles. The second kappa shape index (κ2) is 16.0. The smallest absolute Gasteiger partial charge is 0.285 e. The highest BCUT2D eigenvalue weighted by atomic mass is 31.2. The average molecular weight is 732 g/mol. The SMILES string of the molecule is Nc1c(-c2cc(Cc3ccc(CNc4ncccc4-c4cc(Cc5ccc(COc6ccccn6)cc5)no4)cc3)no2)ccc[n+]1COP(=O)([O-])O. The van der Waals surface area contributed by atoms with E-state index in [0.717, 1.165) is 33.5 Å². The highest BCUT2D eigenvalue weighted by Crippen LogP contribution is 2.31. The molecule has 0 aliphatic rings. The van der Waals surface area contributed by atoms with Crippen molar-refractivity contribution < 1.29 is 37.2 Å². The number of pyridine rings is 3. The van der Waals surface area contributed by atoms with Crippen LogP contribution in [0.3, 0.4) is 0 Å². The monoisotopic (exact) mass is 731 g/mol. The van der Waals surface area contributed by atoms with Crippen LogP contribution in [-0.2, 0) is 41.8 Å². The van der Waals surface area contributed by atoms with Gasteiger partial charge in [-0.2, -0.15) is 0 Å². The van der Waals surface area contributed by atoms with Crippen LogP contribution in [0.4, 0.5) is 11.6 Å². The molecule has 14 nitrogen and oxygen atoms in total. The van der Waals surface area contributed by atoms with Crippen LogP contribution in [0, 0.1) is 0 Å². The third-order valence-corrected chi connectivity index (χ3v) is 8.67. The van der Waals surface area contributed by atoms with Gasteiger partial charge < -0.3 is 28.9 Å². The summed E-state index contributed by atoms with van der Waals surface area (Å²) in [6.07, 6.45) is 6.08. The molecule has 1 atom stereocenters. The van der Waals surface area contributed by atoms with Gasteiger partial charge in [-0.25, -0.2) is 14.5 Å². The van der Waals surface area contributed by atoms with Crippen LogP contribution in [-0.4, -0.2) is 25.2 Å². The lowest BCUT2D eigenvalue weighted by Gasteiger charge is -2.14. The van der Waals surface area contributed by atoms with Crippen molar-refractivity contribution >= 4 is 19.5 Å². The number of hydrogen-bond acceptors (Lipinski definition) is 12. The van der Waals surface area contributed by atoms with Crippen molar-refractivity contribution in [3.8, 4) is 28.5 Å². The van der Waals surface area contributed by atoms with Crippen molar-refractivity contribution in [1.82, 2.24) is 20.3 Å². The van der Waals surface area contributed by atoms with Crippen LogP contribution in [0.25, 0.3) is 22.6 Å². The molecule has 0 spiro atoms. The molecule has 7 rings (SSSR count). The summed E-state index contributed by atoms with van der Waals surface area (Å²) in [7, 11) is -4.91. The van der Waals surface area contributed by atoms with Gasteiger partial charge in [0, 0.05) is 50.0 Å². The number of rotatable bonds is 15. The molecule has 1 unspecified atom stereocenters. The highest BCUT2D eigenvalue weighted by molar-refractivity contribution is 7.44. The zero-order chi connectivity index (χ0) is 36.6. The van der Waals surface area contributed by atoms with Crippen LogP contribution >= 0.6 is 7.82 Å². The van der Waals surface area contributed by atoms with Crippen LogP contribution in [0.2, 0.25) is 0 Å². The molecule has 4 N–H and O–H groups in total. The predicted octanol–water partition coefficient (Wildman–Crippen LogP) is 5.46. The number of phosphoric ester groups is 1. The predicted molar refractivity (Wildman–Crippen MR) is 192 cm³/mol. The lowest BCUT2D eigenvalue weighted by Crippen LogP contribution is -2.38. The number of aromatic nitrogens is 5. The van der Waals surface area contributed by atoms with E-state index in [1.165, 1.54) is 10.8 Å². The van der Waals surface area contributed by atoms with E-state index in [4.69, 9.17) is 24.4 Å². The van der Waals surface area contributed by atoms with Crippen molar-refractivity contribution in [2.75, 3.05) is 11.1 Å². The van der Waals surface area contributed by atoms with Crippen LogP contribution in [0.15, 0.2) is 131 Å². The van der Waals surface area contributed by atoms with Gasteiger partial charge in [-0.05, 0) is 52.6 Å². The molecule has 5 heterocycles. The fourth-order valence-electron chi connectivity index (χ4n) is 5.53. The Morgan fingerprint density at radius 1 is 0.774 bits per heavy atom. The molecule has 268 valence electrons. The largest absolute Gasteiger partial charge is 0.756 e. The van der Waals surface area contributed by atoms with Crippen LogP contribution in [0.5, 0.6) is 5.88 Å². The number of nitrogens with zero attached hydrogens (tertiary/aromatic N) is 5. The zero-order valence-electron chi connectivity index (χ0n) is 28.2. The molecule has 0 bridgehead atoms. The second-order valence-electron chi connectivity index (χ2n) is 12.1. The maximum Gasteiger partial charge on any atom is 0.285 e. The first-order valence-corrected chi connectivity index (χ1v) is 18.0. The Balaban J connectivity index is 0.933. The number of anilines is 2. The van der Waals surface area contributed by atoms with Gasteiger partial charge in [-0.1, -0.05) is 64.9 Å². The number of benzene rings is 2. The lowest BCUT2D eigenvalue weighted by molar-refractivity contribution is -0.713. The summed E-state index contributed by atoms with van der Waals surface area (Å²) in [4.78, 5) is 28.6. The first kappa shape index (κ1) is 35.2. The van der Waals surface area contributed by atoms with Crippen LogP contribution < -0.4 is 25.2 Å². The Morgan fingerprint density at radius 3 is 2.06 bits per heavy atom. The van der Waals surface area contributed by atoms with Gasteiger partial charge in [0.25, 0.3) is 13.6 Å². The molecule has 0 radical (unpaired) electrons. The third kappa shape index (κ3) is 9.39. The van der Waals surface area contributed by atoms with Gasteiger partial charge in [0.05, 0.1) is 23.1 Å². The number of nitrogens with one attached hydrogen (secondary N) is 1. The van der Waals surface area contributed by atoms with E-state index in [-0.39, 0.29) is 5.82 Å². The number of nitrogen functional groups attached to an aromatic ring is 1. The quantitative estimate of drug-likeness (QED) is 0.0888. The third-order valence-electron chi connectivity index (χ3n) is 8.23. The van der Waals surface area contributed by atoms with Crippen LogP contribution in [0.1, 0.15) is 33.6 Å². The molecule has 5 aromatic heterocycles. The standard InChI is InChI=1S/C38H34N7O7P/c39-37-32(6-4-18-45(37)25-50-53(46,47)48)34-21-30(43-51-34)19-26-8-12-28(13-9-26)23-42-38-33(5-3-17-41-38)35-22-31(44-52-35)20-27-10-14-29(15-11-27)24-49-36-7-1-2-16-40-36/h1-18,21-22,39H,19-20,23-25H2,(H3,41,42,44,46,47,48). The van der Waals surface area contributed by atoms with E-state index in [1.54, 1.807) is 30.6 Å². The Morgan fingerprint density at radius 2 is 1.40 bits per heavy atom. The molecule has 0 aliphatic carbocycles. The number of phosphoric acid groups is 1. The summed E-state index contributed by atoms with van der Waals surface area (Å²) in [5.74, 6) is 2.49. The molecular weight excluding hydrogens is 697 g/mol. The molecule has 2 aromatic carbocycles. The van der Waals surface area contributed by atoms with E-state index in [0.29, 0.717) is 60.5 Å². The normalized spacial score (nSPS) is 12.3. The van der Waals surface area contributed by atoms with Gasteiger partial charge in [-0.3, -0.25) is 14.8 Å². The second-order valence-corrected chi connectivity index (χ2v) is 13.3. The Labute approximate surface area is 304 Å². The minimum Gasteiger partial charge on any atom is -0.756 e. The minimum atomic E-state index is -4.91. The molecule has 15 heteroatoms. The van der Waals surface area contributed by atoms with Crippen molar-refractivity contribution in [3.05, 3.63) is 155 Å². The van der Waals surface area contributed by atoms with E-state index < -0.39 is 14.6 Å². The average Bonchev–Trinajstić information content (AvgIpc) is 3.84. The zero-order valence-corrected chi connectivity index (χ0v) is 29.1. The maximum atomic E-state index is 11.0. The molecule has 0 saturated heterocycles. The highest BCUT2D eigenvalue weighted by Gasteiger charge is 2.19. The summed E-state index contributed by atoms with van der Waals surface area (Å²) in [6.45, 7) is 0.488. The number of nitrogens with two attached hydrogens (primary N) is 1. The Kier molecular flexibility index (Phi) is 10.6. The Hall–Kier alpha value is -6.18. The summed E-state index contributed by atoms with van der Waals surface area (Å²) < 4.78 is 33.8. The van der Waals surface area contributed by atoms with Gasteiger partial charge >= 0.3 is 0 Å². The topological polar surface area (TPSA) is 199 Å². The molecule has 7 aromatic rings. The molecule has 0 fully saturated rings. The van der Waals surface area contributed by atoms with Crippen molar-refractivity contribution in [3.63, 3.8) is 0 Å². The fourth-order valence-corrected chi connectivity index (χ4v) is 5.80. The van der Waals surface area contributed by atoms with Crippen molar-refractivity contribution in [2.24, 2.45) is 0 Å². The van der Waals surface area contributed by atoms with E-state index in [9.17, 15) is 9.46 Å². The summed E-state index contributed by atoms with van der Waals surface area (Å²) in [5.41, 5.74) is 13.2. The molecule has 53 heavy (non-hydrogen) atoms. The van der Waals surface area contributed by atoms with E-state index >= 15 is 0 Å². The first-order valence-electron chi connectivity index (χ1n) is 16.5. The van der Waals surface area contributed by atoms with Crippen molar-refractivity contribution in [2.45, 2.75) is 32.7 Å². The number of ether oxygens (including phenoxy) is 1. The summed E-state index contributed by atoms with van der Waals surface area (Å²) in [5, 5.41) is 11.9. The lowest BCUT2D eigenvalue weighted by atomic mass is 10.1. The Bertz CT molecular complexity index is 2330. The van der Waals surface area contributed by atoms with E-state index in [1.807, 2.05) is 72.8 Å². The van der Waals surface area contributed by atoms with Gasteiger partial charge in [0.2, 0.25) is 5.88 Å². The summed E-state index contributed by atoms with van der Waals surface area (Å²) in [6, 6.07) is 32.7. The van der Waals surface area contributed by atoms with Gasteiger partial charge in [0.1, 0.15) is 18.0 Å².